The Labute approximate surface area is 556 Å². The summed E-state index contributed by atoms with van der Waals surface area (Å²) in [7, 11) is 2.39. The van der Waals surface area contributed by atoms with Gasteiger partial charge < -0.3 is 81.1 Å². The molecule has 24 heteroatoms. The van der Waals surface area contributed by atoms with Crippen molar-refractivity contribution in [2.75, 3.05) is 14.2 Å². The van der Waals surface area contributed by atoms with Crippen LogP contribution in [0.1, 0.15) is 71.8 Å². The fraction of sp³-hybridized carbons (Fsp3) is 0.444. The van der Waals surface area contributed by atoms with Crippen molar-refractivity contribution >= 4 is 24.0 Å². The van der Waals surface area contributed by atoms with E-state index in [4.69, 9.17) is 75.8 Å². The summed E-state index contributed by atoms with van der Waals surface area (Å²) in [5, 5.41) is 7.14. The number of nitrogens with zero attached hydrogens (tertiary/aromatic N) is 3. The zero-order chi connectivity index (χ0) is 66.9. The summed E-state index contributed by atoms with van der Waals surface area (Å²) < 4.78 is 105. The second kappa shape index (κ2) is 33.7. The summed E-state index contributed by atoms with van der Waals surface area (Å²) in [6.07, 6.45) is -23.0. The number of carbonyl (C=O) groups excluding carboxylic acids is 4. The Morgan fingerprint density at radius 1 is 0.469 bits per heavy atom. The smallest absolute Gasteiger partial charge is 0.408 e. The fourth-order valence-electron chi connectivity index (χ4n) is 12.6. The molecule has 5 aliphatic rings. The molecule has 5 fully saturated rings. The van der Waals surface area contributed by atoms with E-state index in [9.17, 15) is 24.7 Å². The Balaban J connectivity index is 0.939. The summed E-state index contributed by atoms with van der Waals surface area (Å²) in [5.74, 6) is -2.43. The van der Waals surface area contributed by atoms with Crippen LogP contribution >= 0.6 is 0 Å². The molecule has 6 aromatic rings. The fourth-order valence-corrected chi connectivity index (χ4v) is 12.6. The Hall–Kier alpha value is -8.17. The Kier molecular flexibility index (Phi) is 24.3. The highest BCUT2D eigenvalue weighted by Gasteiger charge is 2.61. The third-order valence-electron chi connectivity index (χ3n) is 17.5. The summed E-state index contributed by atoms with van der Waals surface area (Å²) in [6, 6.07) is 52.9. The normalized spacial score (nSPS) is 30.9. The molecule has 20 atom stereocenters. The van der Waals surface area contributed by atoms with Gasteiger partial charge in [0.05, 0.1) is 71.1 Å². The van der Waals surface area contributed by atoms with Gasteiger partial charge >= 0.3 is 24.0 Å². The van der Waals surface area contributed by atoms with Crippen molar-refractivity contribution in [2.24, 2.45) is 5.11 Å². The van der Waals surface area contributed by atoms with Crippen molar-refractivity contribution in [3.8, 4) is 0 Å². The van der Waals surface area contributed by atoms with Crippen molar-refractivity contribution in [3.63, 3.8) is 0 Å². The minimum atomic E-state index is -1.70. The highest BCUT2D eigenvalue weighted by atomic mass is 16.8. The predicted molar refractivity (Wildman–Crippen MR) is 340 cm³/mol. The van der Waals surface area contributed by atoms with Crippen molar-refractivity contribution in [3.05, 3.63) is 226 Å². The molecule has 508 valence electrons. The van der Waals surface area contributed by atoms with E-state index >= 15 is 0 Å². The Bertz CT molecular complexity index is 3480. The first kappa shape index (κ1) is 69.2. The average Bonchev–Trinajstić information content (AvgIpc) is 0.964. The monoisotopic (exact) mass is 1320 g/mol. The Morgan fingerprint density at radius 2 is 0.865 bits per heavy atom. The van der Waals surface area contributed by atoms with Gasteiger partial charge in [-0.25, -0.2) is 19.2 Å². The van der Waals surface area contributed by atoms with E-state index in [1.165, 1.54) is 14.2 Å². The van der Waals surface area contributed by atoms with Crippen molar-refractivity contribution in [1.29, 1.82) is 0 Å². The number of ether oxygens (including phenoxy) is 16. The number of rotatable bonds is 28. The lowest BCUT2D eigenvalue weighted by Gasteiger charge is -2.50. The van der Waals surface area contributed by atoms with E-state index in [2.05, 4.69) is 15.3 Å². The van der Waals surface area contributed by atoms with Crippen LogP contribution < -0.4 is 5.32 Å². The second-order valence-electron chi connectivity index (χ2n) is 23.7. The molecule has 96 heavy (non-hydrogen) atoms. The number of fused-ring (bicyclic) bond motifs is 1. The lowest BCUT2D eigenvalue weighted by atomic mass is 9.92. The first-order valence-electron chi connectivity index (χ1n) is 32.2. The maximum atomic E-state index is 14.7. The number of hydrogen-bond acceptors (Lipinski definition) is 21. The molecule has 0 spiro atoms. The van der Waals surface area contributed by atoms with E-state index in [1.807, 2.05) is 166 Å². The minimum Gasteiger partial charge on any atom is -0.467 e. The number of azide groups is 1. The van der Waals surface area contributed by atoms with Crippen LogP contribution in [0.3, 0.4) is 0 Å². The number of carbonyl (C=O) groups is 4. The van der Waals surface area contributed by atoms with Gasteiger partial charge in [-0.3, -0.25) is 0 Å². The van der Waals surface area contributed by atoms with Crippen molar-refractivity contribution < 1.29 is 95.0 Å². The lowest BCUT2D eigenvalue weighted by Crippen LogP contribution is -2.68. The molecule has 0 bridgehead atoms. The molecule has 1 N–H and O–H groups in total. The molecular weight excluding hydrogens is 1240 g/mol. The molecule has 0 saturated carbocycles. The molecule has 24 nitrogen and oxygen atoms in total. The van der Waals surface area contributed by atoms with Gasteiger partial charge in [0.2, 0.25) is 0 Å². The van der Waals surface area contributed by atoms with E-state index in [1.54, 1.807) is 37.3 Å². The molecule has 8 unspecified atom stereocenters. The van der Waals surface area contributed by atoms with Gasteiger partial charge in [0.15, 0.2) is 43.3 Å². The molecule has 1 amide bonds. The highest BCUT2D eigenvalue weighted by molar-refractivity contribution is 5.89. The van der Waals surface area contributed by atoms with Gasteiger partial charge in [-0.1, -0.05) is 189 Å². The van der Waals surface area contributed by atoms with E-state index < -0.39 is 147 Å². The zero-order valence-electron chi connectivity index (χ0n) is 53.8. The summed E-state index contributed by atoms with van der Waals surface area (Å²) in [5.41, 5.74) is 14.6. The first-order chi connectivity index (χ1) is 46.9. The number of benzene rings is 6. The second-order valence-corrected chi connectivity index (χ2v) is 23.7. The number of nitrogens with one attached hydrogen (secondary N) is 1. The largest absolute Gasteiger partial charge is 0.467 e. The minimum absolute atomic E-state index is 0.0185. The van der Waals surface area contributed by atoms with Crippen LogP contribution in [0.5, 0.6) is 0 Å². The Morgan fingerprint density at radius 3 is 1.33 bits per heavy atom. The van der Waals surface area contributed by atoms with E-state index in [-0.39, 0.29) is 45.0 Å². The van der Waals surface area contributed by atoms with Gasteiger partial charge in [-0.15, -0.1) is 0 Å². The molecule has 5 aliphatic heterocycles. The van der Waals surface area contributed by atoms with Gasteiger partial charge in [0.25, 0.3) is 0 Å². The standard InChI is InChI=1S/C72H80N4O20/c1-6-50-55(83-38-44-26-14-8-15-27-44)57(84-39-45-28-16-9-17-29-45)53(75-76-73)70(89-50)94-62-60(86-41-47-32-20-11-21-33-47)65(87-42-48-34-22-12-23-35-48)71(95-64(62)68(79)82-5)92-56-51(7-2)90-69(52-58(56)96-72(80)74-52)93-61-59(85-40-46-30-18-10-19-31-46)54(43(3)88-63(61)67(78)81-4)91-66(77)49-36-24-13-25-37-49/h8-37,43,50-65,69-71H,6-7,38-42H2,1-5H3,(H,74,80)/t43-,50?,51?,52?,53?,54?,55-,56-,57+,58+,59-,60-,61+,62+,63?,64?,65?,69-,70-,71+/m0/s1. The van der Waals surface area contributed by atoms with Crippen LogP contribution in [-0.4, -0.2) is 161 Å². The zero-order valence-corrected chi connectivity index (χ0v) is 53.8. The van der Waals surface area contributed by atoms with Crippen LogP contribution in [-0.2, 0) is 118 Å². The third kappa shape index (κ3) is 16.8. The molecule has 11 rings (SSSR count). The topological polar surface area (TPSA) is 277 Å². The van der Waals surface area contributed by atoms with E-state index in [0.717, 1.165) is 27.8 Å². The number of esters is 3. The van der Waals surface area contributed by atoms with Gasteiger partial charge in [0.1, 0.15) is 60.9 Å². The summed E-state index contributed by atoms with van der Waals surface area (Å²) >= 11 is 0. The quantitative estimate of drug-likeness (QED) is 0.0157. The summed E-state index contributed by atoms with van der Waals surface area (Å²) in [6.45, 7) is 5.50. The molecular formula is C72H80N4O20. The third-order valence-corrected chi connectivity index (χ3v) is 17.5. The maximum absolute atomic E-state index is 14.7. The molecule has 0 aliphatic carbocycles. The molecule has 0 aromatic heterocycles. The summed E-state index contributed by atoms with van der Waals surface area (Å²) in [4.78, 5) is 59.8. The van der Waals surface area contributed by atoms with E-state index in [0.29, 0.717) is 6.42 Å². The van der Waals surface area contributed by atoms with Crippen molar-refractivity contribution in [1.82, 2.24) is 5.32 Å². The first-order valence-corrected chi connectivity index (χ1v) is 32.2. The predicted octanol–water partition coefficient (Wildman–Crippen LogP) is 9.58. The van der Waals surface area contributed by atoms with Gasteiger partial charge in [-0.2, -0.15) is 0 Å². The van der Waals surface area contributed by atoms with Crippen LogP contribution in [0.15, 0.2) is 187 Å². The molecule has 5 saturated heterocycles. The lowest BCUT2D eigenvalue weighted by molar-refractivity contribution is -0.373. The van der Waals surface area contributed by atoms with Gasteiger partial charge in [0, 0.05) is 4.91 Å². The number of hydrogen-bond donors (Lipinski definition) is 1. The highest BCUT2D eigenvalue weighted by Crippen LogP contribution is 2.41. The van der Waals surface area contributed by atoms with Crippen LogP contribution in [0.2, 0.25) is 0 Å². The maximum Gasteiger partial charge on any atom is 0.408 e. The number of alkyl carbamates (subject to hydrolysis) is 1. The SMILES string of the molecule is CCC1O[C@@H](O[C@H]2C(C(=O)OC)O[C@@H](O[C@H]3C(CC)O[C@@H](O[C@H]4C(C(=O)OC)O[C@@H](C)C(OC(=O)c5ccccc5)[C@@H]4OCc4ccccc4)C4NC(=O)O[C@H]43)C(OCc3ccccc3)[C@H]2OCc2ccccc2)C(N=[N+]=[N-])[C@@H](OCc2ccccc2)[C@H]1OCc1ccccc1. The molecule has 6 aromatic carbocycles. The van der Waals surface area contributed by atoms with Crippen LogP contribution in [0.25, 0.3) is 10.4 Å². The van der Waals surface area contributed by atoms with Crippen LogP contribution in [0, 0.1) is 0 Å². The number of amides is 1. The van der Waals surface area contributed by atoms with Crippen LogP contribution in [0.4, 0.5) is 4.79 Å². The average molecular weight is 1320 g/mol. The number of methoxy groups -OCH3 is 2. The van der Waals surface area contributed by atoms with Crippen molar-refractivity contribution in [2.45, 2.75) is 189 Å². The van der Waals surface area contributed by atoms with Gasteiger partial charge in [-0.05, 0) is 65.2 Å². The molecule has 0 radical (unpaired) electrons. The molecule has 5 heterocycles.